The molecule has 8 heteroatoms. The smallest absolute Gasteiger partial charge is 0.343 e. The summed E-state index contributed by atoms with van der Waals surface area (Å²) in [5.74, 6) is 0.331. The van der Waals surface area contributed by atoms with Crippen LogP contribution in [0.5, 0.6) is 17.2 Å². The lowest BCUT2D eigenvalue weighted by Gasteiger charge is -2.08. The standard InChI is InChI=1S/C22H15ClN2O5/c23-17-7-9-18(30-22(27)15-6-8-19-20(11-15)29-13-28-19)16(10-17)12-24-25-21(26)14-4-2-1-3-5-14/h1-12H,13H2,(H,25,26)/b24-12+. The summed E-state index contributed by atoms with van der Waals surface area (Å²) in [4.78, 5) is 24.6. The summed E-state index contributed by atoms with van der Waals surface area (Å²) in [7, 11) is 0. The first kappa shape index (κ1) is 19.5. The third kappa shape index (κ3) is 4.42. The third-order valence-electron chi connectivity index (χ3n) is 4.19. The van der Waals surface area contributed by atoms with Gasteiger partial charge in [-0.3, -0.25) is 4.79 Å². The monoisotopic (exact) mass is 422 g/mol. The third-order valence-corrected chi connectivity index (χ3v) is 4.42. The molecule has 150 valence electrons. The van der Waals surface area contributed by atoms with Crippen LogP contribution >= 0.6 is 11.6 Å². The maximum Gasteiger partial charge on any atom is 0.343 e. The summed E-state index contributed by atoms with van der Waals surface area (Å²) in [6.45, 7) is 0.111. The highest BCUT2D eigenvalue weighted by atomic mass is 35.5. The number of esters is 1. The fourth-order valence-corrected chi connectivity index (χ4v) is 2.89. The van der Waals surface area contributed by atoms with E-state index in [2.05, 4.69) is 10.5 Å². The molecule has 0 saturated heterocycles. The highest BCUT2D eigenvalue weighted by Gasteiger charge is 2.18. The van der Waals surface area contributed by atoms with Gasteiger partial charge in [-0.05, 0) is 48.5 Å². The van der Waals surface area contributed by atoms with Gasteiger partial charge < -0.3 is 14.2 Å². The van der Waals surface area contributed by atoms with E-state index in [1.165, 1.54) is 6.21 Å². The van der Waals surface area contributed by atoms with E-state index in [1.54, 1.807) is 60.7 Å². The molecule has 0 unspecified atom stereocenters. The van der Waals surface area contributed by atoms with E-state index in [-0.39, 0.29) is 18.4 Å². The molecule has 0 spiro atoms. The quantitative estimate of drug-likeness (QED) is 0.290. The first-order valence-corrected chi connectivity index (χ1v) is 9.28. The zero-order valence-corrected chi connectivity index (χ0v) is 16.3. The molecule has 7 nitrogen and oxygen atoms in total. The second kappa shape index (κ2) is 8.67. The molecule has 1 N–H and O–H groups in total. The largest absolute Gasteiger partial charge is 0.454 e. The molecule has 3 aromatic rings. The van der Waals surface area contributed by atoms with Crippen molar-refractivity contribution in [3.05, 3.63) is 88.4 Å². The van der Waals surface area contributed by atoms with Crippen molar-refractivity contribution in [1.82, 2.24) is 5.43 Å². The first-order valence-electron chi connectivity index (χ1n) is 8.90. The Morgan fingerprint density at radius 2 is 1.77 bits per heavy atom. The number of benzene rings is 3. The van der Waals surface area contributed by atoms with Crippen molar-refractivity contribution in [2.24, 2.45) is 5.10 Å². The Bertz CT molecular complexity index is 1130. The van der Waals surface area contributed by atoms with E-state index >= 15 is 0 Å². The van der Waals surface area contributed by atoms with Gasteiger partial charge in [0.1, 0.15) is 5.75 Å². The maximum absolute atomic E-state index is 12.6. The van der Waals surface area contributed by atoms with Crippen molar-refractivity contribution >= 4 is 29.7 Å². The van der Waals surface area contributed by atoms with Crippen LogP contribution in [-0.4, -0.2) is 24.9 Å². The number of nitrogens with zero attached hydrogens (tertiary/aromatic N) is 1. The number of halogens is 1. The second-order valence-electron chi connectivity index (χ2n) is 6.20. The lowest BCUT2D eigenvalue weighted by atomic mass is 10.2. The van der Waals surface area contributed by atoms with E-state index in [4.69, 9.17) is 25.8 Å². The molecule has 4 rings (SSSR count). The van der Waals surface area contributed by atoms with Gasteiger partial charge in [-0.25, -0.2) is 10.2 Å². The molecule has 0 atom stereocenters. The number of hydrazone groups is 1. The minimum absolute atomic E-state index is 0.111. The number of amides is 1. The van der Waals surface area contributed by atoms with Crippen molar-refractivity contribution in [2.45, 2.75) is 0 Å². The lowest BCUT2D eigenvalue weighted by Crippen LogP contribution is -2.17. The Hall–Kier alpha value is -3.84. The molecule has 0 radical (unpaired) electrons. The molecule has 0 aromatic heterocycles. The molecule has 0 bridgehead atoms. The van der Waals surface area contributed by atoms with Crippen LogP contribution in [0.15, 0.2) is 71.8 Å². The van der Waals surface area contributed by atoms with Gasteiger partial charge in [0.2, 0.25) is 6.79 Å². The lowest BCUT2D eigenvalue weighted by molar-refractivity contribution is 0.0733. The summed E-state index contributed by atoms with van der Waals surface area (Å²) >= 11 is 6.05. The molecule has 0 aliphatic carbocycles. The fourth-order valence-electron chi connectivity index (χ4n) is 2.71. The molecule has 1 aliphatic rings. The zero-order chi connectivity index (χ0) is 20.9. The van der Waals surface area contributed by atoms with Crippen molar-refractivity contribution < 1.29 is 23.8 Å². The van der Waals surface area contributed by atoms with Gasteiger partial charge in [-0.2, -0.15) is 5.10 Å². The van der Waals surface area contributed by atoms with E-state index in [0.717, 1.165) is 0 Å². The Balaban J connectivity index is 1.49. The topological polar surface area (TPSA) is 86.2 Å². The number of rotatable bonds is 5. The number of hydrogen-bond acceptors (Lipinski definition) is 6. The van der Waals surface area contributed by atoms with Crippen molar-refractivity contribution in [1.29, 1.82) is 0 Å². The molecule has 1 amide bonds. The zero-order valence-electron chi connectivity index (χ0n) is 15.5. The summed E-state index contributed by atoms with van der Waals surface area (Å²) in [5.41, 5.74) is 3.61. The van der Waals surface area contributed by atoms with Crippen LogP contribution in [0.4, 0.5) is 0 Å². The molecule has 1 aliphatic heterocycles. The van der Waals surface area contributed by atoms with Crippen molar-refractivity contribution in [3.63, 3.8) is 0 Å². The molecule has 1 heterocycles. The van der Waals surface area contributed by atoms with Crippen LogP contribution in [0.2, 0.25) is 5.02 Å². The number of ether oxygens (including phenoxy) is 3. The predicted octanol–water partition coefficient (Wildman–Crippen LogP) is 4.05. The predicted molar refractivity (Wildman–Crippen MR) is 110 cm³/mol. The molecule has 0 saturated carbocycles. The number of fused-ring (bicyclic) bond motifs is 1. The van der Waals surface area contributed by atoms with Gasteiger partial charge >= 0.3 is 5.97 Å². The van der Waals surface area contributed by atoms with Crippen LogP contribution in [-0.2, 0) is 0 Å². The van der Waals surface area contributed by atoms with Gasteiger partial charge in [-0.15, -0.1) is 0 Å². The number of hydrogen-bond donors (Lipinski definition) is 1. The van der Waals surface area contributed by atoms with Gasteiger partial charge in [-0.1, -0.05) is 29.8 Å². The Morgan fingerprint density at radius 1 is 0.967 bits per heavy atom. The average Bonchev–Trinajstić information content (AvgIpc) is 3.24. The average molecular weight is 423 g/mol. The van der Waals surface area contributed by atoms with Crippen LogP contribution in [0.1, 0.15) is 26.3 Å². The molecular formula is C22H15ClN2O5. The molecule has 0 fully saturated rings. The summed E-state index contributed by atoms with van der Waals surface area (Å²) in [6, 6.07) is 18.1. The van der Waals surface area contributed by atoms with Crippen LogP contribution in [0, 0.1) is 0 Å². The Labute approximate surface area is 176 Å². The first-order chi connectivity index (χ1) is 14.6. The highest BCUT2D eigenvalue weighted by molar-refractivity contribution is 6.31. The Morgan fingerprint density at radius 3 is 2.60 bits per heavy atom. The van der Waals surface area contributed by atoms with E-state index < -0.39 is 5.97 Å². The SMILES string of the molecule is O=C(N/N=C/c1cc(Cl)ccc1OC(=O)c1ccc2c(c1)OCO2)c1ccccc1. The Kier molecular flexibility index (Phi) is 5.63. The minimum Gasteiger partial charge on any atom is -0.454 e. The normalized spacial score (nSPS) is 12.0. The van der Waals surface area contributed by atoms with Gasteiger partial charge in [0.25, 0.3) is 5.91 Å². The highest BCUT2D eigenvalue weighted by Crippen LogP contribution is 2.33. The van der Waals surface area contributed by atoms with E-state index in [9.17, 15) is 9.59 Å². The number of carbonyl (C=O) groups excluding carboxylic acids is 2. The van der Waals surface area contributed by atoms with Gasteiger partial charge in [0.05, 0.1) is 11.8 Å². The number of carbonyl (C=O) groups is 2. The fraction of sp³-hybridized carbons (Fsp3) is 0.0455. The van der Waals surface area contributed by atoms with Crippen LogP contribution in [0.3, 0.4) is 0 Å². The van der Waals surface area contributed by atoms with Gasteiger partial charge in [0, 0.05) is 16.1 Å². The molecule has 3 aromatic carbocycles. The molecular weight excluding hydrogens is 408 g/mol. The second-order valence-corrected chi connectivity index (χ2v) is 6.64. The summed E-state index contributed by atoms with van der Waals surface area (Å²) in [5, 5.41) is 4.36. The number of nitrogens with one attached hydrogen (secondary N) is 1. The van der Waals surface area contributed by atoms with Crippen LogP contribution < -0.4 is 19.6 Å². The summed E-state index contributed by atoms with van der Waals surface area (Å²) < 4.78 is 16.0. The molecule has 30 heavy (non-hydrogen) atoms. The van der Waals surface area contributed by atoms with E-state index in [0.29, 0.717) is 33.2 Å². The van der Waals surface area contributed by atoms with Gasteiger partial charge in [0.15, 0.2) is 11.5 Å². The van der Waals surface area contributed by atoms with Crippen LogP contribution in [0.25, 0.3) is 0 Å². The summed E-state index contributed by atoms with van der Waals surface area (Å²) in [6.07, 6.45) is 1.36. The van der Waals surface area contributed by atoms with Crippen molar-refractivity contribution in [3.8, 4) is 17.2 Å². The van der Waals surface area contributed by atoms with Crippen molar-refractivity contribution in [2.75, 3.05) is 6.79 Å². The maximum atomic E-state index is 12.6. The van der Waals surface area contributed by atoms with E-state index in [1.807, 2.05) is 6.07 Å². The minimum atomic E-state index is -0.585.